The van der Waals surface area contributed by atoms with Crippen LogP contribution in [0.4, 0.5) is 0 Å². The topological polar surface area (TPSA) is 94.3 Å². The summed E-state index contributed by atoms with van der Waals surface area (Å²) in [6, 6.07) is 12.1. The summed E-state index contributed by atoms with van der Waals surface area (Å²) in [6.45, 7) is 7.63. The number of rotatable bonds is 8. The normalized spacial score (nSPS) is 11.2. The van der Waals surface area contributed by atoms with Crippen molar-refractivity contribution in [1.29, 1.82) is 0 Å². The third-order valence-corrected chi connectivity index (χ3v) is 5.51. The summed E-state index contributed by atoms with van der Waals surface area (Å²) in [6.07, 6.45) is 4.57. The molecular formula is C23H27N7O. The standard InChI is InChI=1S/C23H27N7O/c1-4-7-20-16(3)29(14-5-2)23(31)30(20)15-17-9-11-18(12-10-17)19-8-6-13-24-21(19)22-25-27-28-26-22/h6,8-13H,4-5,7,14-15H2,1-3H3,(H,25,26,27,28). The van der Waals surface area contributed by atoms with Crippen molar-refractivity contribution in [3.8, 4) is 22.6 Å². The van der Waals surface area contributed by atoms with Crippen LogP contribution in [0, 0.1) is 6.92 Å². The monoisotopic (exact) mass is 417 g/mol. The first-order valence-corrected chi connectivity index (χ1v) is 10.7. The van der Waals surface area contributed by atoms with Gasteiger partial charge < -0.3 is 0 Å². The number of pyridine rings is 1. The smallest absolute Gasteiger partial charge is 0.296 e. The third-order valence-electron chi connectivity index (χ3n) is 5.51. The van der Waals surface area contributed by atoms with Crippen molar-refractivity contribution in [3.63, 3.8) is 0 Å². The Hall–Kier alpha value is -3.55. The second kappa shape index (κ2) is 9.07. The lowest BCUT2D eigenvalue weighted by Crippen LogP contribution is -2.25. The average Bonchev–Trinajstić information content (AvgIpc) is 3.40. The zero-order valence-corrected chi connectivity index (χ0v) is 18.2. The van der Waals surface area contributed by atoms with Crippen LogP contribution in [0.15, 0.2) is 47.4 Å². The molecule has 0 aliphatic rings. The van der Waals surface area contributed by atoms with Crippen LogP contribution in [-0.4, -0.2) is 34.7 Å². The van der Waals surface area contributed by atoms with Gasteiger partial charge in [-0.15, -0.1) is 10.2 Å². The van der Waals surface area contributed by atoms with Crippen LogP contribution in [0.1, 0.15) is 43.6 Å². The van der Waals surface area contributed by atoms with Crippen molar-refractivity contribution in [2.45, 2.75) is 53.1 Å². The first-order valence-electron chi connectivity index (χ1n) is 10.7. The molecule has 3 aromatic heterocycles. The van der Waals surface area contributed by atoms with E-state index in [1.165, 1.54) is 0 Å². The van der Waals surface area contributed by atoms with Crippen LogP contribution >= 0.6 is 0 Å². The second-order valence-corrected chi connectivity index (χ2v) is 7.63. The number of imidazole rings is 1. The number of nitrogens with zero attached hydrogens (tertiary/aromatic N) is 6. The third kappa shape index (κ3) is 4.05. The van der Waals surface area contributed by atoms with Gasteiger partial charge in [0.1, 0.15) is 5.69 Å². The number of aromatic amines is 1. The number of nitrogens with one attached hydrogen (secondary N) is 1. The Morgan fingerprint density at radius 2 is 1.84 bits per heavy atom. The Morgan fingerprint density at radius 1 is 1.03 bits per heavy atom. The molecule has 0 atom stereocenters. The van der Waals surface area contributed by atoms with E-state index < -0.39 is 0 Å². The molecule has 0 fully saturated rings. The maximum absolute atomic E-state index is 13.0. The van der Waals surface area contributed by atoms with Crippen molar-refractivity contribution in [1.82, 2.24) is 34.7 Å². The van der Waals surface area contributed by atoms with Gasteiger partial charge in [0.05, 0.1) is 6.54 Å². The quantitative estimate of drug-likeness (QED) is 0.473. The van der Waals surface area contributed by atoms with Crippen molar-refractivity contribution in [2.75, 3.05) is 0 Å². The minimum absolute atomic E-state index is 0.0820. The molecule has 0 unspecified atom stereocenters. The van der Waals surface area contributed by atoms with Crippen LogP contribution in [0.2, 0.25) is 0 Å². The number of H-pyrrole nitrogens is 1. The fourth-order valence-corrected chi connectivity index (χ4v) is 4.01. The van der Waals surface area contributed by atoms with Crippen LogP contribution in [0.5, 0.6) is 0 Å². The number of tetrazole rings is 1. The zero-order chi connectivity index (χ0) is 21.8. The van der Waals surface area contributed by atoms with E-state index in [1.54, 1.807) is 6.20 Å². The fourth-order valence-electron chi connectivity index (χ4n) is 4.01. The lowest BCUT2D eigenvalue weighted by Gasteiger charge is -2.10. The minimum Gasteiger partial charge on any atom is -0.296 e. The van der Waals surface area contributed by atoms with E-state index >= 15 is 0 Å². The molecule has 4 rings (SSSR count). The second-order valence-electron chi connectivity index (χ2n) is 7.63. The molecule has 0 saturated heterocycles. The SMILES string of the molecule is CCCc1c(C)n(CCC)c(=O)n1Cc1ccc(-c2cccnc2-c2nn[nH]n2)cc1. The molecule has 0 amide bonds. The number of hydrogen-bond donors (Lipinski definition) is 1. The van der Waals surface area contributed by atoms with Crippen LogP contribution in [0.25, 0.3) is 22.6 Å². The number of benzene rings is 1. The highest BCUT2D eigenvalue weighted by Crippen LogP contribution is 2.28. The molecule has 0 radical (unpaired) electrons. The van der Waals surface area contributed by atoms with Gasteiger partial charge in [0.25, 0.3) is 0 Å². The summed E-state index contributed by atoms with van der Waals surface area (Å²) in [7, 11) is 0. The van der Waals surface area contributed by atoms with Gasteiger partial charge in [-0.1, -0.05) is 50.6 Å². The van der Waals surface area contributed by atoms with E-state index in [0.29, 0.717) is 18.1 Å². The molecule has 8 heteroatoms. The van der Waals surface area contributed by atoms with Gasteiger partial charge in [-0.3, -0.25) is 14.1 Å². The Balaban J connectivity index is 1.66. The summed E-state index contributed by atoms with van der Waals surface area (Å²) in [5.74, 6) is 0.461. The Bertz CT molecular complexity index is 1200. The molecule has 0 aliphatic carbocycles. The highest BCUT2D eigenvalue weighted by atomic mass is 16.1. The Kier molecular flexibility index (Phi) is 6.06. The number of hydrogen-bond acceptors (Lipinski definition) is 5. The van der Waals surface area contributed by atoms with E-state index in [2.05, 4.69) is 70.6 Å². The highest BCUT2D eigenvalue weighted by Gasteiger charge is 2.16. The minimum atomic E-state index is 0.0820. The van der Waals surface area contributed by atoms with E-state index in [0.717, 1.165) is 53.9 Å². The number of aromatic nitrogens is 7. The first kappa shape index (κ1) is 20.7. The maximum Gasteiger partial charge on any atom is 0.328 e. The molecular weight excluding hydrogens is 390 g/mol. The fraction of sp³-hybridized carbons (Fsp3) is 0.348. The van der Waals surface area contributed by atoms with Gasteiger partial charge in [-0.2, -0.15) is 5.21 Å². The molecule has 31 heavy (non-hydrogen) atoms. The molecule has 4 aromatic rings. The van der Waals surface area contributed by atoms with Crippen LogP contribution in [-0.2, 0) is 19.5 Å². The molecule has 8 nitrogen and oxygen atoms in total. The Labute approximate surface area is 181 Å². The van der Waals surface area contributed by atoms with Gasteiger partial charge in [-0.05, 0) is 42.2 Å². The van der Waals surface area contributed by atoms with Crippen LogP contribution < -0.4 is 5.69 Å². The van der Waals surface area contributed by atoms with Gasteiger partial charge in [-0.25, -0.2) is 4.79 Å². The van der Waals surface area contributed by atoms with Gasteiger partial charge in [0.2, 0.25) is 5.82 Å². The summed E-state index contributed by atoms with van der Waals surface area (Å²) in [4.78, 5) is 17.5. The molecule has 3 heterocycles. The van der Waals surface area contributed by atoms with E-state index in [-0.39, 0.29) is 5.69 Å². The Morgan fingerprint density at radius 3 is 2.52 bits per heavy atom. The van der Waals surface area contributed by atoms with Crippen molar-refractivity contribution < 1.29 is 0 Å². The largest absolute Gasteiger partial charge is 0.328 e. The lowest BCUT2D eigenvalue weighted by molar-refractivity contribution is 0.612. The molecule has 0 spiro atoms. The molecule has 0 bridgehead atoms. The van der Waals surface area contributed by atoms with E-state index in [1.807, 2.05) is 21.3 Å². The molecule has 1 N–H and O–H groups in total. The summed E-state index contributed by atoms with van der Waals surface area (Å²) in [5.41, 5.74) is 6.02. The van der Waals surface area contributed by atoms with E-state index in [4.69, 9.17) is 0 Å². The van der Waals surface area contributed by atoms with Crippen molar-refractivity contribution >= 4 is 0 Å². The van der Waals surface area contributed by atoms with Gasteiger partial charge in [0.15, 0.2) is 0 Å². The summed E-state index contributed by atoms with van der Waals surface area (Å²) in [5, 5.41) is 14.2. The summed E-state index contributed by atoms with van der Waals surface area (Å²) < 4.78 is 3.84. The van der Waals surface area contributed by atoms with Crippen LogP contribution in [0.3, 0.4) is 0 Å². The highest BCUT2D eigenvalue weighted by molar-refractivity contribution is 5.77. The van der Waals surface area contributed by atoms with Crippen molar-refractivity contribution in [2.24, 2.45) is 0 Å². The van der Waals surface area contributed by atoms with Gasteiger partial charge >= 0.3 is 5.69 Å². The predicted octanol–water partition coefficient (Wildman–Crippen LogP) is 3.61. The van der Waals surface area contributed by atoms with E-state index in [9.17, 15) is 4.79 Å². The molecule has 160 valence electrons. The zero-order valence-electron chi connectivity index (χ0n) is 18.2. The molecule has 1 aromatic carbocycles. The van der Waals surface area contributed by atoms with Crippen molar-refractivity contribution in [3.05, 3.63) is 70.0 Å². The van der Waals surface area contributed by atoms with Gasteiger partial charge in [0, 0.05) is 29.7 Å². The first-order chi connectivity index (χ1) is 15.1. The summed E-state index contributed by atoms with van der Waals surface area (Å²) >= 11 is 0. The lowest BCUT2D eigenvalue weighted by atomic mass is 10.0. The molecule has 0 saturated carbocycles. The molecule has 0 aliphatic heterocycles. The maximum atomic E-state index is 13.0. The predicted molar refractivity (Wildman–Crippen MR) is 120 cm³/mol. The average molecular weight is 418 g/mol.